The van der Waals surface area contributed by atoms with E-state index in [1.165, 1.54) is 28.0 Å². The van der Waals surface area contributed by atoms with Crippen LogP contribution >= 0.6 is 0 Å². The fraction of sp³-hybridized carbons (Fsp3) is 0. The van der Waals surface area contributed by atoms with Crippen molar-refractivity contribution in [2.24, 2.45) is 0 Å². The summed E-state index contributed by atoms with van der Waals surface area (Å²) in [4.78, 5) is 19.5. The lowest BCUT2D eigenvalue weighted by atomic mass is 10.4. The summed E-state index contributed by atoms with van der Waals surface area (Å²) in [6.45, 7) is 6.85. The van der Waals surface area contributed by atoms with Crippen LogP contribution in [0.2, 0.25) is 0 Å². The highest BCUT2D eigenvalue weighted by atomic mass is 16.1. The summed E-state index contributed by atoms with van der Waals surface area (Å²) in [6, 6.07) is 3.19. The van der Waals surface area contributed by atoms with E-state index in [-0.39, 0.29) is 5.56 Å². The topological polar surface area (TPSA) is 85.8 Å². The monoisotopic (exact) mass is 253 g/mol. The fourth-order valence-corrected chi connectivity index (χ4v) is 1.61. The van der Waals surface area contributed by atoms with E-state index < -0.39 is 0 Å². The predicted octanol–water partition coefficient (Wildman–Crippen LogP) is 0.692. The summed E-state index contributed by atoms with van der Waals surface area (Å²) in [5.74, 6) is 0.406. The summed E-state index contributed by atoms with van der Waals surface area (Å²) >= 11 is 0. The lowest BCUT2D eigenvalue weighted by Gasteiger charge is -1.99. The predicted molar refractivity (Wildman–Crippen MR) is 65.4 cm³/mol. The van der Waals surface area contributed by atoms with E-state index in [0.29, 0.717) is 17.2 Å². The molecule has 92 valence electrons. The number of nitrogens with one attached hydrogen (secondary N) is 1. The minimum Gasteiger partial charge on any atom is -0.295 e. The molecule has 8 nitrogen and oxygen atoms in total. The first-order valence-electron chi connectivity index (χ1n) is 5.30. The van der Waals surface area contributed by atoms with Gasteiger partial charge in [-0.05, 0) is 6.07 Å². The van der Waals surface area contributed by atoms with Crippen molar-refractivity contribution < 1.29 is 0 Å². The second-order valence-corrected chi connectivity index (χ2v) is 3.63. The zero-order chi connectivity index (χ0) is 13.2. The summed E-state index contributed by atoms with van der Waals surface area (Å²) in [6.07, 6.45) is 5.98. The van der Waals surface area contributed by atoms with Gasteiger partial charge in [-0.15, -0.1) is 5.10 Å². The Bertz CT molecular complexity index is 789. The number of aromatic nitrogens is 6. The van der Waals surface area contributed by atoms with Crippen LogP contribution in [0.3, 0.4) is 0 Å². The first-order chi connectivity index (χ1) is 9.29. The van der Waals surface area contributed by atoms with Crippen molar-refractivity contribution in [3.05, 3.63) is 58.7 Å². The van der Waals surface area contributed by atoms with Crippen LogP contribution in [0.25, 0.3) is 16.4 Å². The zero-order valence-electron chi connectivity index (χ0n) is 9.56. The van der Waals surface area contributed by atoms with Crippen LogP contribution in [0.15, 0.2) is 41.7 Å². The number of H-pyrrole nitrogens is 1. The minimum atomic E-state index is -0.298. The highest BCUT2D eigenvalue weighted by Gasteiger charge is 2.10. The van der Waals surface area contributed by atoms with Gasteiger partial charge in [0.1, 0.15) is 0 Å². The second-order valence-electron chi connectivity index (χ2n) is 3.63. The maximum absolute atomic E-state index is 12.2. The summed E-state index contributed by atoms with van der Waals surface area (Å²) in [7, 11) is 0. The van der Waals surface area contributed by atoms with E-state index in [4.69, 9.17) is 6.57 Å². The van der Waals surface area contributed by atoms with E-state index >= 15 is 0 Å². The van der Waals surface area contributed by atoms with E-state index in [9.17, 15) is 4.79 Å². The summed E-state index contributed by atoms with van der Waals surface area (Å²) in [5.41, 5.74) is 0.460. The molecule has 0 aliphatic heterocycles. The molecule has 3 aromatic rings. The molecular formula is C11H7N7O. The van der Waals surface area contributed by atoms with Gasteiger partial charge in [0.05, 0.1) is 25.2 Å². The van der Waals surface area contributed by atoms with Crippen LogP contribution in [0.5, 0.6) is 0 Å². The van der Waals surface area contributed by atoms with E-state index in [1.54, 1.807) is 18.3 Å². The molecule has 8 heteroatoms. The molecule has 0 bridgehead atoms. The van der Waals surface area contributed by atoms with Crippen LogP contribution < -0.4 is 5.56 Å². The number of pyridine rings is 1. The highest BCUT2D eigenvalue weighted by molar-refractivity contribution is 5.44. The molecule has 0 unspecified atom stereocenters. The molecule has 3 rings (SSSR count). The normalized spacial score (nSPS) is 10.3. The van der Waals surface area contributed by atoms with Crippen molar-refractivity contribution in [1.82, 2.24) is 29.8 Å². The number of nitrogens with zero attached hydrogens (tertiary/aromatic N) is 6. The third-order valence-electron chi connectivity index (χ3n) is 2.51. The standard InChI is InChI=1S/C11H7N7O/c1-12-8-2-3-10(13-6-8)18-11(19)9(7-15-18)17-5-4-14-16-17/h2-7,15H. The molecule has 3 heterocycles. The lowest BCUT2D eigenvalue weighted by Crippen LogP contribution is -2.19. The minimum absolute atomic E-state index is 0.298. The van der Waals surface area contributed by atoms with Crippen molar-refractivity contribution in [3.8, 4) is 11.5 Å². The van der Waals surface area contributed by atoms with Crippen molar-refractivity contribution >= 4 is 5.69 Å². The van der Waals surface area contributed by atoms with Gasteiger partial charge in [-0.2, -0.15) is 4.68 Å². The van der Waals surface area contributed by atoms with Gasteiger partial charge in [-0.25, -0.2) is 14.5 Å². The highest BCUT2D eigenvalue weighted by Crippen LogP contribution is 2.11. The number of aromatic amines is 1. The van der Waals surface area contributed by atoms with E-state index in [0.717, 1.165) is 0 Å². The van der Waals surface area contributed by atoms with Crippen LogP contribution in [0, 0.1) is 6.57 Å². The first kappa shape index (κ1) is 10.9. The number of hydrogen-bond acceptors (Lipinski definition) is 4. The van der Waals surface area contributed by atoms with Crippen LogP contribution in [0.4, 0.5) is 5.69 Å². The van der Waals surface area contributed by atoms with Gasteiger partial charge < -0.3 is 0 Å². The maximum Gasteiger partial charge on any atom is 0.298 e. The first-order valence-corrected chi connectivity index (χ1v) is 5.30. The third-order valence-corrected chi connectivity index (χ3v) is 2.51. The molecule has 0 aliphatic carbocycles. The van der Waals surface area contributed by atoms with Gasteiger partial charge in [-0.3, -0.25) is 9.89 Å². The van der Waals surface area contributed by atoms with E-state index in [1.807, 2.05) is 0 Å². The van der Waals surface area contributed by atoms with Crippen LogP contribution in [-0.2, 0) is 0 Å². The molecule has 0 spiro atoms. The summed E-state index contributed by atoms with van der Waals surface area (Å²) in [5, 5.41) is 10.2. The van der Waals surface area contributed by atoms with Gasteiger partial charge in [0, 0.05) is 6.20 Å². The smallest absolute Gasteiger partial charge is 0.295 e. The van der Waals surface area contributed by atoms with Gasteiger partial charge in [0.15, 0.2) is 11.5 Å². The Hall–Kier alpha value is -3.21. The Morgan fingerprint density at radius 2 is 2.26 bits per heavy atom. The Labute approximate surface area is 106 Å². The Balaban J connectivity index is 2.07. The lowest BCUT2D eigenvalue weighted by molar-refractivity contribution is 0.786. The zero-order valence-corrected chi connectivity index (χ0v) is 9.56. The molecule has 0 radical (unpaired) electrons. The van der Waals surface area contributed by atoms with Gasteiger partial charge in [-0.1, -0.05) is 11.3 Å². The Kier molecular flexibility index (Phi) is 2.43. The third kappa shape index (κ3) is 1.79. The molecule has 19 heavy (non-hydrogen) atoms. The average Bonchev–Trinajstić information content (AvgIpc) is 3.08. The second kappa shape index (κ2) is 4.23. The Morgan fingerprint density at radius 3 is 2.89 bits per heavy atom. The number of hydrogen-bond donors (Lipinski definition) is 1. The van der Waals surface area contributed by atoms with Gasteiger partial charge in [0.25, 0.3) is 5.56 Å². The van der Waals surface area contributed by atoms with Gasteiger partial charge in [0.2, 0.25) is 5.69 Å². The Morgan fingerprint density at radius 1 is 1.37 bits per heavy atom. The molecule has 0 aromatic carbocycles. The molecular weight excluding hydrogens is 246 g/mol. The van der Waals surface area contributed by atoms with Crippen molar-refractivity contribution in [2.45, 2.75) is 0 Å². The molecule has 0 saturated carbocycles. The van der Waals surface area contributed by atoms with Crippen LogP contribution in [-0.4, -0.2) is 29.8 Å². The molecule has 3 aromatic heterocycles. The van der Waals surface area contributed by atoms with Crippen molar-refractivity contribution in [3.63, 3.8) is 0 Å². The summed E-state index contributed by atoms with van der Waals surface area (Å²) < 4.78 is 2.63. The molecule has 1 N–H and O–H groups in total. The van der Waals surface area contributed by atoms with Crippen molar-refractivity contribution in [1.29, 1.82) is 0 Å². The molecule has 0 amide bonds. The van der Waals surface area contributed by atoms with Gasteiger partial charge >= 0.3 is 0 Å². The largest absolute Gasteiger partial charge is 0.298 e. The maximum atomic E-state index is 12.2. The van der Waals surface area contributed by atoms with Crippen LogP contribution in [0.1, 0.15) is 0 Å². The van der Waals surface area contributed by atoms with E-state index in [2.05, 4.69) is 25.2 Å². The molecule has 0 atom stereocenters. The SMILES string of the molecule is [C-]#[N+]c1ccc(-n2[nH]cc(-n3ccnn3)c2=O)nc1. The molecule has 0 aliphatic rings. The quantitative estimate of drug-likeness (QED) is 0.681. The molecule has 0 saturated heterocycles. The number of rotatable bonds is 2. The molecule has 0 fully saturated rings. The average molecular weight is 253 g/mol. The fourth-order valence-electron chi connectivity index (χ4n) is 1.61. The van der Waals surface area contributed by atoms with Crippen molar-refractivity contribution in [2.75, 3.05) is 0 Å².